The molecule has 0 aromatic heterocycles. The predicted octanol–water partition coefficient (Wildman–Crippen LogP) is 4.52. The highest BCUT2D eigenvalue weighted by atomic mass is 79.9. The molecule has 0 amide bonds. The fourth-order valence-corrected chi connectivity index (χ4v) is 4.61. The fraction of sp³-hybridized carbons (Fsp3) is 0.647. The number of nitrogens with one attached hydrogen (secondary N) is 1. The van der Waals surface area contributed by atoms with Crippen molar-refractivity contribution in [3.63, 3.8) is 0 Å². The highest BCUT2D eigenvalue weighted by Gasteiger charge is 2.23. The van der Waals surface area contributed by atoms with Gasteiger partial charge in [0.05, 0.1) is 0 Å². The fourth-order valence-electron chi connectivity index (χ4n) is 2.87. The summed E-state index contributed by atoms with van der Waals surface area (Å²) >= 11 is 5.72. The lowest BCUT2D eigenvalue weighted by Crippen LogP contribution is -2.41. The molecule has 1 saturated heterocycles. The molecular formula is C17H27BrN2S. The van der Waals surface area contributed by atoms with Gasteiger partial charge in [0.2, 0.25) is 0 Å². The molecule has 1 heterocycles. The van der Waals surface area contributed by atoms with Crippen molar-refractivity contribution >= 4 is 33.4 Å². The smallest absolute Gasteiger partial charge is 0.0413 e. The van der Waals surface area contributed by atoms with Gasteiger partial charge < -0.3 is 10.2 Å². The van der Waals surface area contributed by atoms with Crippen LogP contribution < -0.4 is 10.2 Å². The summed E-state index contributed by atoms with van der Waals surface area (Å²) in [5.41, 5.74) is 2.80. The standard InChI is InChI=1S/C17H27BrN2S/c1-12(2)8-19-9-15-7-16(18)5-6-17(15)20-10-13(3)21-14(4)11-20/h5-7,12-14,19H,8-11H2,1-4H3. The van der Waals surface area contributed by atoms with E-state index in [0.29, 0.717) is 16.4 Å². The maximum absolute atomic E-state index is 3.61. The van der Waals surface area contributed by atoms with Gasteiger partial charge in [-0.3, -0.25) is 0 Å². The molecule has 1 aliphatic heterocycles. The van der Waals surface area contributed by atoms with Crippen molar-refractivity contribution in [3.8, 4) is 0 Å². The summed E-state index contributed by atoms with van der Waals surface area (Å²) in [5, 5.41) is 4.98. The topological polar surface area (TPSA) is 15.3 Å². The Labute approximate surface area is 142 Å². The van der Waals surface area contributed by atoms with Crippen LogP contribution in [0.4, 0.5) is 5.69 Å². The minimum atomic E-state index is 0.687. The summed E-state index contributed by atoms with van der Waals surface area (Å²) in [6.07, 6.45) is 0. The zero-order valence-electron chi connectivity index (χ0n) is 13.5. The number of nitrogens with zero attached hydrogens (tertiary/aromatic N) is 1. The predicted molar refractivity (Wildman–Crippen MR) is 99.4 cm³/mol. The van der Waals surface area contributed by atoms with Gasteiger partial charge in [0.25, 0.3) is 0 Å². The first kappa shape index (κ1) is 17.2. The summed E-state index contributed by atoms with van der Waals surface area (Å²) in [4.78, 5) is 2.56. The molecule has 1 aromatic carbocycles. The van der Waals surface area contributed by atoms with E-state index in [0.717, 1.165) is 26.2 Å². The molecule has 2 unspecified atom stereocenters. The number of rotatable bonds is 5. The van der Waals surface area contributed by atoms with Crippen LogP contribution in [0.25, 0.3) is 0 Å². The lowest BCUT2D eigenvalue weighted by Gasteiger charge is -2.37. The molecule has 21 heavy (non-hydrogen) atoms. The third-order valence-corrected chi connectivity index (χ3v) is 5.39. The summed E-state index contributed by atoms with van der Waals surface area (Å²) < 4.78 is 1.17. The molecule has 0 radical (unpaired) electrons. The van der Waals surface area contributed by atoms with E-state index in [-0.39, 0.29) is 0 Å². The number of halogens is 1. The highest BCUT2D eigenvalue weighted by Crippen LogP contribution is 2.31. The van der Waals surface area contributed by atoms with Crippen molar-refractivity contribution < 1.29 is 0 Å². The lowest BCUT2D eigenvalue weighted by atomic mass is 10.1. The monoisotopic (exact) mass is 370 g/mol. The molecule has 2 atom stereocenters. The first-order chi connectivity index (χ1) is 9.95. The van der Waals surface area contributed by atoms with Crippen LogP contribution in [0.15, 0.2) is 22.7 Å². The molecule has 0 spiro atoms. The van der Waals surface area contributed by atoms with E-state index < -0.39 is 0 Å². The second kappa shape index (κ2) is 7.89. The summed E-state index contributed by atoms with van der Waals surface area (Å²) in [7, 11) is 0. The molecule has 0 aliphatic carbocycles. The highest BCUT2D eigenvalue weighted by molar-refractivity contribution is 9.10. The van der Waals surface area contributed by atoms with Crippen LogP contribution in [0.5, 0.6) is 0 Å². The number of anilines is 1. The molecule has 118 valence electrons. The zero-order chi connectivity index (χ0) is 15.4. The van der Waals surface area contributed by atoms with Crippen LogP contribution >= 0.6 is 27.7 Å². The average molecular weight is 371 g/mol. The van der Waals surface area contributed by atoms with Crippen molar-refractivity contribution in [2.45, 2.75) is 44.7 Å². The van der Waals surface area contributed by atoms with E-state index in [1.165, 1.54) is 15.7 Å². The van der Waals surface area contributed by atoms with Gasteiger partial charge in [-0.25, -0.2) is 0 Å². The van der Waals surface area contributed by atoms with E-state index in [1.54, 1.807) is 0 Å². The minimum absolute atomic E-state index is 0.687. The van der Waals surface area contributed by atoms with Crippen LogP contribution in [-0.2, 0) is 6.54 Å². The van der Waals surface area contributed by atoms with Gasteiger partial charge in [0, 0.05) is 40.3 Å². The van der Waals surface area contributed by atoms with Gasteiger partial charge in [-0.1, -0.05) is 43.6 Å². The molecule has 1 aromatic rings. The van der Waals surface area contributed by atoms with Crippen LogP contribution in [0.3, 0.4) is 0 Å². The van der Waals surface area contributed by atoms with E-state index >= 15 is 0 Å². The van der Waals surface area contributed by atoms with Crippen molar-refractivity contribution in [3.05, 3.63) is 28.2 Å². The van der Waals surface area contributed by atoms with Gasteiger partial charge in [-0.2, -0.15) is 11.8 Å². The summed E-state index contributed by atoms with van der Waals surface area (Å²) in [5.74, 6) is 0.687. The lowest BCUT2D eigenvalue weighted by molar-refractivity contribution is 0.551. The molecule has 1 aliphatic rings. The second-order valence-electron chi connectivity index (χ2n) is 6.46. The zero-order valence-corrected chi connectivity index (χ0v) is 15.9. The molecule has 1 fully saturated rings. The maximum Gasteiger partial charge on any atom is 0.0413 e. The molecule has 4 heteroatoms. The second-order valence-corrected chi connectivity index (χ2v) is 9.26. The van der Waals surface area contributed by atoms with E-state index in [4.69, 9.17) is 0 Å². The van der Waals surface area contributed by atoms with Crippen molar-refractivity contribution in [1.82, 2.24) is 5.32 Å². The van der Waals surface area contributed by atoms with Gasteiger partial charge in [0.15, 0.2) is 0 Å². The van der Waals surface area contributed by atoms with Crippen molar-refractivity contribution in [2.24, 2.45) is 5.92 Å². The minimum Gasteiger partial charge on any atom is -0.369 e. The Morgan fingerprint density at radius 3 is 2.57 bits per heavy atom. The number of benzene rings is 1. The Morgan fingerprint density at radius 2 is 1.95 bits per heavy atom. The molecule has 2 nitrogen and oxygen atoms in total. The summed E-state index contributed by atoms with van der Waals surface area (Å²) in [6.45, 7) is 13.5. The molecular weight excluding hydrogens is 344 g/mol. The Bertz CT molecular complexity index is 454. The normalized spacial score (nSPS) is 22.9. The Kier molecular flexibility index (Phi) is 6.45. The third kappa shape index (κ3) is 5.19. The Morgan fingerprint density at radius 1 is 1.29 bits per heavy atom. The Hall–Kier alpha value is -0.190. The van der Waals surface area contributed by atoms with Crippen LogP contribution in [-0.4, -0.2) is 30.1 Å². The van der Waals surface area contributed by atoms with Gasteiger partial charge in [0.1, 0.15) is 0 Å². The van der Waals surface area contributed by atoms with Gasteiger partial charge in [-0.15, -0.1) is 0 Å². The van der Waals surface area contributed by atoms with Crippen LogP contribution in [0.2, 0.25) is 0 Å². The molecule has 1 N–H and O–H groups in total. The quantitative estimate of drug-likeness (QED) is 0.819. The van der Waals surface area contributed by atoms with Gasteiger partial charge in [-0.05, 0) is 36.2 Å². The number of thioether (sulfide) groups is 1. The SMILES string of the molecule is CC(C)CNCc1cc(Br)ccc1N1CC(C)SC(C)C1. The van der Waals surface area contributed by atoms with E-state index in [1.807, 2.05) is 0 Å². The Balaban J connectivity index is 2.13. The third-order valence-electron chi connectivity index (χ3n) is 3.67. The first-order valence-electron chi connectivity index (χ1n) is 7.85. The first-order valence-corrected chi connectivity index (χ1v) is 9.59. The van der Waals surface area contributed by atoms with Gasteiger partial charge >= 0.3 is 0 Å². The molecule has 0 bridgehead atoms. The number of hydrogen-bond donors (Lipinski definition) is 1. The van der Waals surface area contributed by atoms with Crippen molar-refractivity contribution in [2.75, 3.05) is 24.5 Å². The number of hydrogen-bond acceptors (Lipinski definition) is 3. The van der Waals surface area contributed by atoms with Crippen molar-refractivity contribution in [1.29, 1.82) is 0 Å². The van der Waals surface area contributed by atoms with E-state index in [9.17, 15) is 0 Å². The van der Waals surface area contributed by atoms with Crippen LogP contribution in [0, 0.1) is 5.92 Å². The average Bonchev–Trinajstić information content (AvgIpc) is 2.37. The molecule has 0 saturated carbocycles. The molecule has 2 rings (SSSR count). The van der Waals surface area contributed by atoms with E-state index in [2.05, 4.69) is 83.8 Å². The largest absolute Gasteiger partial charge is 0.369 e. The maximum atomic E-state index is 3.61. The summed E-state index contributed by atoms with van der Waals surface area (Å²) in [6, 6.07) is 6.70. The van der Waals surface area contributed by atoms with Crippen LogP contribution in [0.1, 0.15) is 33.3 Å².